The van der Waals surface area contributed by atoms with Gasteiger partial charge in [0.2, 0.25) is 11.7 Å². The molecular weight excluding hydrogens is 396 g/mol. The van der Waals surface area contributed by atoms with Gasteiger partial charge >= 0.3 is 0 Å². The van der Waals surface area contributed by atoms with Gasteiger partial charge in [-0.05, 0) is 37.1 Å². The highest BCUT2D eigenvalue weighted by Crippen LogP contribution is 2.34. The van der Waals surface area contributed by atoms with Crippen LogP contribution in [-0.4, -0.2) is 62.8 Å². The second-order valence-corrected chi connectivity index (χ2v) is 7.50. The summed E-state index contributed by atoms with van der Waals surface area (Å²) in [5.41, 5.74) is 1.83. The zero-order valence-electron chi connectivity index (χ0n) is 16.3. The van der Waals surface area contributed by atoms with Crippen LogP contribution in [0.25, 0.3) is 21.9 Å². The quantitative estimate of drug-likeness (QED) is 0.382. The second kappa shape index (κ2) is 7.53. The standard InChI is InChI=1S/C21H22O9/c1-8-3-11-12(4-9(8)2)28-13-5-10(23)6-14(16(13)17(11)24)29-21-20(27)19(26)18(25)15(7-22)30-21/h3-6,15,18-23,25-27H,7H2,1-2H3/t15-,18-,19-,20-,21-/m1/s1. The molecule has 4 rings (SSSR count). The van der Waals surface area contributed by atoms with Crippen molar-refractivity contribution in [2.24, 2.45) is 0 Å². The van der Waals surface area contributed by atoms with Crippen LogP contribution in [0.15, 0.2) is 33.5 Å². The van der Waals surface area contributed by atoms with Crippen LogP contribution in [0.1, 0.15) is 11.1 Å². The summed E-state index contributed by atoms with van der Waals surface area (Å²) in [6.07, 6.45) is -7.56. The molecule has 160 valence electrons. The van der Waals surface area contributed by atoms with Crippen LogP contribution in [0.5, 0.6) is 11.5 Å². The number of phenols is 1. The largest absolute Gasteiger partial charge is 0.508 e. The van der Waals surface area contributed by atoms with Crippen LogP contribution in [0.2, 0.25) is 0 Å². The monoisotopic (exact) mass is 418 g/mol. The predicted octanol–water partition coefficient (Wildman–Crippen LogP) is 0.447. The van der Waals surface area contributed by atoms with Crippen molar-refractivity contribution < 1.29 is 39.4 Å². The summed E-state index contributed by atoms with van der Waals surface area (Å²) >= 11 is 0. The zero-order valence-corrected chi connectivity index (χ0v) is 16.3. The van der Waals surface area contributed by atoms with Gasteiger partial charge in [0.25, 0.3) is 0 Å². The molecule has 0 bridgehead atoms. The van der Waals surface area contributed by atoms with Gasteiger partial charge in [0.1, 0.15) is 52.5 Å². The van der Waals surface area contributed by atoms with Crippen molar-refractivity contribution in [3.63, 3.8) is 0 Å². The highest BCUT2D eigenvalue weighted by Gasteiger charge is 2.45. The van der Waals surface area contributed by atoms with Crippen LogP contribution in [0, 0.1) is 13.8 Å². The molecule has 30 heavy (non-hydrogen) atoms. The molecule has 2 aromatic carbocycles. The van der Waals surface area contributed by atoms with E-state index in [9.17, 15) is 30.3 Å². The van der Waals surface area contributed by atoms with E-state index >= 15 is 0 Å². The highest BCUT2D eigenvalue weighted by molar-refractivity contribution is 5.94. The molecule has 2 heterocycles. The van der Waals surface area contributed by atoms with Crippen molar-refractivity contribution in [1.82, 2.24) is 0 Å². The van der Waals surface area contributed by atoms with E-state index in [0.717, 1.165) is 17.2 Å². The highest BCUT2D eigenvalue weighted by atomic mass is 16.7. The summed E-state index contributed by atoms with van der Waals surface area (Å²) in [6.45, 7) is 3.12. The van der Waals surface area contributed by atoms with Crippen molar-refractivity contribution in [3.8, 4) is 11.5 Å². The molecule has 0 radical (unpaired) electrons. The molecule has 1 aliphatic rings. The van der Waals surface area contributed by atoms with Gasteiger partial charge in [-0.15, -0.1) is 0 Å². The number of ether oxygens (including phenoxy) is 2. The number of rotatable bonds is 3. The molecule has 0 saturated carbocycles. The normalized spacial score (nSPS) is 26.9. The Labute approximate surface area is 170 Å². The third kappa shape index (κ3) is 3.30. The first kappa shape index (κ1) is 20.6. The molecule has 0 amide bonds. The van der Waals surface area contributed by atoms with Crippen molar-refractivity contribution in [1.29, 1.82) is 0 Å². The lowest BCUT2D eigenvalue weighted by Crippen LogP contribution is -2.60. The molecule has 0 spiro atoms. The van der Waals surface area contributed by atoms with Crippen molar-refractivity contribution in [3.05, 3.63) is 45.6 Å². The topological polar surface area (TPSA) is 150 Å². The van der Waals surface area contributed by atoms with Crippen LogP contribution >= 0.6 is 0 Å². The van der Waals surface area contributed by atoms with Crippen LogP contribution in [0.4, 0.5) is 0 Å². The molecule has 1 saturated heterocycles. The van der Waals surface area contributed by atoms with E-state index in [4.69, 9.17) is 13.9 Å². The van der Waals surface area contributed by atoms with E-state index in [-0.39, 0.29) is 22.5 Å². The summed E-state index contributed by atoms with van der Waals surface area (Å²) in [7, 11) is 0. The number of benzene rings is 2. The first-order valence-electron chi connectivity index (χ1n) is 9.39. The molecule has 1 fully saturated rings. The van der Waals surface area contributed by atoms with Gasteiger partial charge < -0.3 is 39.4 Å². The Morgan fingerprint density at radius 3 is 2.37 bits per heavy atom. The fourth-order valence-electron chi connectivity index (χ4n) is 3.57. The minimum Gasteiger partial charge on any atom is -0.508 e. The van der Waals surface area contributed by atoms with Crippen molar-refractivity contribution in [2.75, 3.05) is 6.61 Å². The van der Waals surface area contributed by atoms with Crippen LogP contribution in [0.3, 0.4) is 0 Å². The smallest absolute Gasteiger partial charge is 0.229 e. The van der Waals surface area contributed by atoms with Gasteiger partial charge in [0, 0.05) is 12.1 Å². The summed E-state index contributed by atoms with van der Waals surface area (Å²) < 4.78 is 16.8. The zero-order chi connectivity index (χ0) is 21.7. The van der Waals surface area contributed by atoms with Crippen molar-refractivity contribution in [2.45, 2.75) is 44.6 Å². The summed E-state index contributed by atoms with van der Waals surface area (Å²) in [4.78, 5) is 13.2. The minimum absolute atomic E-state index is 0.0144. The first-order chi connectivity index (χ1) is 14.2. The van der Waals surface area contributed by atoms with E-state index in [0.29, 0.717) is 11.0 Å². The van der Waals surface area contributed by atoms with Gasteiger partial charge in [0.15, 0.2) is 0 Å². The lowest BCUT2D eigenvalue weighted by Gasteiger charge is -2.39. The molecule has 1 aromatic heterocycles. The Bertz CT molecular complexity index is 1170. The second-order valence-electron chi connectivity index (χ2n) is 7.50. The molecule has 3 aromatic rings. The maximum absolute atomic E-state index is 13.2. The molecule has 1 aliphatic heterocycles. The number of hydrogen-bond donors (Lipinski definition) is 5. The van der Waals surface area contributed by atoms with E-state index in [1.165, 1.54) is 6.07 Å². The average molecular weight is 418 g/mol. The Balaban J connectivity index is 1.85. The van der Waals surface area contributed by atoms with Crippen LogP contribution < -0.4 is 10.2 Å². The SMILES string of the molecule is Cc1cc2oc3cc(O)cc(O[C@@H]4O[C@H](CO)[C@@H](O)[C@@H](O)[C@H]4O)c3c(=O)c2cc1C. The van der Waals surface area contributed by atoms with Crippen molar-refractivity contribution >= 4 is 21.9 Å². The summed E-state index contributed by atoms with van der Waals surface area (Å²) in [6, 6.07) is 5.85. The molecule has 9 nitrogen and oxygen atoms in total. The molecule has 0 unspecified atom stereocenters. The first-order valence-corrected chi connectivity index (χ1v) is 9.39. The summed E-state index contributed by atoms with van der Waals surface area (Å²) in [5, 5.41) is 49.9. The number of aryl methyl sites for hydroxylation is 2. The van der Waals surface area contributed by atoms with E-state index < -0.39 is 42.7 Å². The predicted molar refractivity (Wildman–Crippen MR) is 106 cm³/mol. The molecule has 5 atom stereocenters. The third-order valence-electron chi connectivity index (χ3n) is 5.43. The van der Waals surface area contributed by atoms with Gasteiger partial charge in [-0.25, -0.2) is 0 Å². The fourth-order valence-corrected chi connectivity index (χ4v) is 3.57. The summed E-state index contributed by atoms with van der Waals surface area (Å²) in [5.74, 6) is -0.392. The lowest BCUT2D eigenvalue weighted by molar-refractivity contribution is -0.277. The minimum atomic E-state index is -1.67. The maximum atomic E-state index is 13.2. The number of aromatic hydroxyl groups is 1. The number of aliphatic hydroxyl groups is 4. The fraction of sp³-hybridized carbons (Fsp3) is 0.381. The van der Waals surface area contributed by atoms with E-state index in [1.807, 2.05) is 13.8 Å². The lowest BCUT2D eigenvalue weighted by atomic mass is 9.99. The van der Waals surface area contributed by atoms with E-state index in [1.54, 1.807) is 12.1 Å². The van der Waals surface area contributed by atoms with Crippen LogP contribution in [-0.2, 0) is 4.74 Å². The Hall–Kier alpha value is -2.69. The van der Waals surface area contributed by atoms with Gasteiger partial charge in [-0.2, -0.15) is 0 Å². The molecule has 0 aliphatic carbocycles. The number of aliphatic hydroxyl groups excluding tert-OH is 4. The average Bonchev–Trinajstić information content (AvgIpc) is 2.69. The Morgan fingerprint density at radius 1 is 0.967 bits per heavy atom. The number of hydrogen-bond acceptors (Lipinski definition) is 9. The Morgan fingerprint density at radius 2 is 1.67 bits per heavy atom. The Kier molecular flexibility index (Phi) is 5.16. The third-order valence-corrected chi connectivity index (χ3v) is 5.43. The maximum Gasteiger partial charge on any atom is 0.229 e. The molecular formula is C21H22O9. The number of phenolic OH excluding ortho intramolecular Hbond substituents is 1. The molecule has 9 heteroatoms. The van der Waals surface area contributed by atoms with Gasteiger partial charge in [-0.3, -0.25) is 4.79 Å². The van der Waals surface area contributed by atoms with Gasteiger partial charge in [0.05, 0.1) is 12.0 Å². The van der Waals surface area contributed by atoms with Gasteiger partial charge in [-0.1, -0.05) is 0 Å². The van der Waals surface area contributed by atoms with E-state index in [2.05, 4.69) is 0 Å². The molecule has 5 N–H and O–H groups in total. The number of fused-ring (bicyclic) bond motifs is 2.